The lowest BCUT2D eigenvalue weighted by Crippen LogP contribution is -2.40. The standard InChI is InChI=1S/C23H27N3O7S/c1-16(26-21(27)12-7-17-3-8-19(32-2)9-4-17)23(29)33-15-22(28)25-14-13-18-5-10-20(11-6-18)34(24,30)31/h3-12,16H,13-15H2,1-2H3,(H,25,28)(H,26,27)(H2,24,30,31)/b12-7+/t16-/m0/s1. The van der Waals surface area contributed by atoms with Gasteiger partial charge in [0.15, 0.2) is 6.61 Å². The number of benzene rings is 2. The van der Waals surface area contributed by atoms with Gasteiger partial charge in [-0.15, -0.1) is 0 Å². The summed E-state index contributed by atoms with van der Waals surface area (Å²) in [6.07, 6.45) is 3.31. The minimum atomic E-state index is -3.75. The summed E-state index contributed by atoms with van der Waals surface area (Å²) in [5, 5.41) is 10.1. The summed E-state index contributed by atoms with van der Waals surface area (Å²) < 4.78 is 32.5. The van der Waals surface area contributed by atoms with E-state index >= 15 is 0 Å². The van der Waals surface area contributed by atoms with Crippen LogP contribution >= 0.6 is 0 Å². The van der Waals surface area contributed by atoms with E-state index < -0.39 is 40.5 Å². The maximum atomic E-state index is 12.0. The number of amides is 2. The average molecular weight is 490 g/mol. The van der Waals surface area contributed by atoms with Crippen molar-refractivity contribution in [2.75, 3.05) is 20.3 Å². The van der Waals surface area contributed by atoms with Crippen molar-refractivity contribution in [3.05, 3.63) is 65.7 Å². The van der Waals surface area contributed by atoms with E-state index in [-0.39, 0.29) is 11.4 Å². The Morgan fingerprint density at radius 2 is 1.71 bits per heavy atom. The number of rotatable bonds is 11. The van der Waals surface area contributed by atoms with Crippen LogP contribution in [-0.4, -0.2) is 52.5 Å². The molecule has 0 unspecified atom stereocenters. The molecule has 2 aromatic rings. The maximum absolute atomic E-state index is 12.0. The molecular formula is C23H27N3O7S. The van der Waals surface area contributed by atoms with Crippen LogP contribution in [0.25, 0.3) is 6.08 Å². The van der Waals surface area contributed by atoms with Crippen LogP contribution in [0.2, 0.25) is 0 Å². The molecule has 0 bridgehead atoms. The summed E-state index contributed by atoms with van der Waals surface area (Å²) >= 11 is 0. The van der Waals surface area contributed by atoms with Crippen molar-refractivity contribution in [2.24, 2.45) is 5.14 Å². The molecule has 0 aliphatic carbocycles. The van der Waals surface area contributed by atoms with Gasteiger partial charge < -0.3 is 20.1 Å². The van der Waals surface area contributed by atoms with Crippen molar-refractivity contribution in [3.8, 4) is 5.75 Å². The van der Waals surface area contributed by atoms with Crippen LogP contribution in [0.15, 0.2) is 59.5 Å². The van der Waals surface area contributed by atoms with E-state index in [0.717, 1.165) is 11.1 Å². The van der Waals surface area contributed by atoms with Crippen molar-refractivity contribution >= 4 is 33.9 Å². The molecule has 0 aliphatic rings. The number of esters is 1. The molecule has 0 saturated carbocycles. The number of sulfonamides is 1. The summed E-state index contributed by atoms with van der Waals surface area (Å²) in [6, 6.07) is 12.1. The third-order valence-corrected chi connectivity index (χ3v) is 5.52. The molecule has 0 aliphatic heterocycles. The second-order valence-electron chi connectivity index (χ2n) is 7.23. The van der Waals surface area contributed by atoms with Gasteiger partial charge in [0.25, 0.3) is 5.91 Å². The molecule has 4 N–H and O–H groups in total. The zero-order valence-electron chi connectivity index (χ0n) is 18.8. The van der Waals surface area contributed by atoms with Gasteiger partial charge in [0.05, 0.1) is 12.0 Å². The van der Waals surface area contributed by atoms with Gasteiger partial charge in [0, 0.05) is 12.6 Å². The SMILES string of the molecule is COc1ccc(/C=C/C(=O)N[C@@H](C)C(=O)OCC(=O)NCCc2ccc(S(N)(=O)=O)cc2)cc1. The number of ether oxygens (including phenoxy) is 2. The van der Waals surface area contributed by atoms with Crippen molar-refractivity contribution in [3.63, 3.8) is 0 Å². The molecule has 0 heterocycles. The summed E-state index contributed by atoms with van der Waals surface area (Å²) in [5.41, 5.74) is 1.58. The summed E-state index contributed by atoms with van der Waals surface area (Å²) in [5.74, 6) is -1.05. The number of nitrogens with two attached hydrogens (primary N) is 1. The average Bonchev–Trinajstić information content (AvgIpc) is 2.81. The van der Waals surface area contributed by atoms with Crippen LogP contribution in [-0.2, 0) is 35.6 Å². The summed E-state index contributed by atoms with van der Waals surface area (Å²) in [4.78, 5) is 35.9. The number of methoxy groups -OCH3 is 1. The normalized spacial score (nSPS) is 12.1. The zero-order valence-corrected chi connectivity index (χ0v) is 19.6. The molecule has 182 valence electrons. The first kappa shape index (κ1) is 26.6. The van der Waals surface area contributed by atoms with Crippen molar-refractivity contribution in [1.29, 1.82) is 0 Å². The number of carbonyl (C=O) groups is 3. The minimum absolute atomic E-state index is 0.00429. The Kier molecular flexibility index (Phi) is 9.77. The van der Waals surface area contributed by atoms with E-state index in [4.69, 9.17) is 14.6 Å². The topological polar surface area (TPSA) is 154 Å². The van der Waals surface area contributed by atoms with Gasteiger partial charge in [-0.1, -0.05) is 24.3 Å². The Hall–Kier alpha value is -3.70. The molecule has 1 atom stereocenters. The molecule has 2 aromatic carbocycles. The van der Waals surface area contributed by atoms with Crippen LogP contribution in [0.5, 0.6) is 5.75 Å². The van der Waals surface area contributed by atoms with E-state index in [1.54, 1.807) is 49.6 Å². The second-order valence-corrected chi connectivity index (χ2v) is 8.79. The van der Waals surface area contributed by atoms with Gasteiger partial charge in [-0.05, 0) is 54.8 Å². The monoisotopic (exact) mass is 489 g/mol. The van der Waals surface area contributed by atoms with E-state index in [1.165, 1.54) is 25.1 Å². The Labute approximate surface area is 198 Å². The lowest BCUT2D eigenvalue weighted by molar-refractivity contribution is -0.150. The van der Waals surface area contributed by atoms with Gasteiger partial charge in [-0.2, -0.15) is 0 Å². The summed E-state index contributed by atoms with van der Waals surface area (Å²) in [7, 11) is -2.20. The molecule has 0 fully saturated rings. The Morgan fingerprint density at radius 1 is 1.06 bits per heavy atom. The molecule has 0 radical (unpaired) electrons. The van der Waals surface area contributed by atoms with Crippen molar-refractivity contribution < 1.29 is 32.3 Å². The minimum Gasteiger partial charge on any atom is -0.497 e. The Morgan fingerprint density at radius 3 is 2.29 bits per heavy atom. The molecule has 0 saturated heterocycles. The fourth-order valence-corrected chi connectivity index (χ4v) is 3.23. The molecule has 2 amide bonds. The van der Waals surface area contributed by atoms with Crippen LogP contribution in [0.3, 0.4) is 0 Å². The second kappa shape index (κ2) is 12.5. The highest BCUT2D eigenvalue weighted by Crippen LogP contribution is 2.12. The predicted octanol–water partition coefficient (Wildman–Crippen LogP) is 0.763. The zero-order chi connectivity index (χ0) is 25.1. The fraction of sp³-hybridized carbons (Fsp3) is 0.261. The van der Waals surface area contributed by atoms with Crippen LogP contribution in [0.1, 0.15) is 18.1 Å². The third kappa shape index (κ3) is 9.04. The van der Waals surface area contributed by atoms with E-state index in [9.17, 15) is 22.8 Å². The molecule has 34 heavy (non-hydrogen) atoms. The van der Waals surface area contributed by atoms with Gasteiger partial charge in [0.2, 0.25) is 15.9 Å². The van der Waals surface area contributed by atoms with Crippen LogP contribution in [0.4, 0.5) is 0 Å². The number of carbonyl (C=O) groups excluding carboxylic acids is 3. The first-order chi connectivity index (χ1) is 16.1. The van der Waals surface area contributed by atoms with Crippen LogP contribution < -0.4 is 20.5 Å². The highest BCUT2D eigenvalue weighted by Gasteiger charge is 2.17. The number of hydrogen-bond donors (Lipinski definition) is 3. The molecule has 0 aromatic heterocycles. The molecular weight excluding hydrogens is 462 g/mol. The number of nitrogens with one attached hydrogen (secondary N) is 2. The van der Waals surface area contributed by atoms with E-state index in [0.29, 0.717) is 12.2 Å². The maximum Gasteiger partial charge on any atom is 0.328 e. The molecule has 11 heteroatoms. The van der Waals surface area contributed by atoms with Gasteiger partial charge in [-0.25, -0.2) is 18.4 Å². The van der Waals surface area contributed by atoms with Gasteiger partial charge in [0.1, 0.15) is 11.8 Å². The van der Waals surface area contributed by atoms with Crippen molar-refractivity contribution in [2.45, 2.75) is 24.3 Å². The summed E-state index contributed by atoms with van der Waals surface area (Å²) in [6.45, 7) is 1.21. The lowest BCUT2D eigenvalue weighted by atomic mass is 10.1. The molecule has 10 nitrogen and oxygen atoms in total. The van der Waals surface area contributed by atoms with Gasteiger partial charge in [-0.3, -0.25) is 9.59 Å². The first-order valence-corrected chi connectivity index (χ1v) is 11.8. The molecule has 2 rings (SSSR count). The van der Waals surface area contributed by atoms with E-state index in [2.05, 4.69) is 10.6 Å². The smallest absolute Gasteiger partial charge is 0.328 e. The predicted molar refractivity (Wildman–Crippen MR) is 125 cm³/mol. The van der Waals surface area contributed by atoms with E-state index in [1.807, 2.05) is 0 Å². The third-order valence-electron chi connectivity index (χ3n) is 4.59. The largest absolute Gasteiger partial charge is 0.497 e. The fourth-order valence-electron chi connectivity index (χ4n) is 2.71. The lowest BCUT2D eigenvalue weighted by Gasteiger charge is -2.12. The highest BCUT2D eigenvalue weighted by atomic mass is 32.2. The Balaban J connectivity index is 1.68. The number of hydrogen-bond acceptors (Lipinski definition) is 7. The van der Waals surface area contributed by atoms with Crippen molar-refractivity contribution in [1.82, 2.24) is 10.6 Å². The number of primary sulfonamides is 1. The first-order valence-electron chi connectivity index (χ1n) is 10.3. The Bertz CT molecular complexity index is 1130. The van der Waals surface area contributed by atoms with Crippen LogP contribution in [0, 0.1) is 0 Å². The molecule has 0 spiro atoms. The quantitative estimate of drug-likeness (QED) is 0.311. The van der Waals surface area contributed by atoms with Gasteiger partial charge >= 0.3 is 5.97 Å². The highest BCUT2D eigenvalue weighted by molar-refractivity contribution is 7.89.